The van der Waals surface area contributed by atoms with Gasteiger partial charge in [-0.15, -0.1) is 0 Å². The monoisotopic (exact) mass is 408 g/mol. The van der Waals surface area contributed by atoms with Gasteiger partial charge in [0.25, 0.3) is 0 Å². The molecule has 0 aliphatic carbocycles. The summed E-state index contributed by atoms with van der Waals surface area (Å²) in [6, 6.07) is 0. The molecule has 0 spiro atoms. The van der Waals surface area contributed by atoms with E-state index in [-0.39, 0.29) is 38.4 Å². The molecule has 0 fully saturated rings. The largest absolute Gasteiger partial charge is 0.462 e. The molecule has 6 heteroatoms. The number of ether oxygens (including phenoxy) is 3. The topological polar surface area (TPSA) is 78.9 Å². The molecule has 29 heavy (non-hydrogen) atoms. The van der Waals surface area contributed by atoms with Crippen LogP contribution in [-0.2, 0) is 28.6 Å². The fourth-order valence-electron chi connectivity index (χ4n) is 2.15. The van der Waals surface area contributed by atoms with E-state index in [2.05, 4.69) is 19.1 Å². The summed E-state index contributed by atoms with van der Waals surface area (Å²) in [7, 11) is 0. The second-order valence-corrected chi connectivity index (χ2v) is 6.38. The molecular weight excluding hydrogens is 372 g/mol. The Morgan fingerprint density at radius 3 is 1.83 bits per heavy atom. The molecule has 0 aliphatic rings. The summed E-state index contributed by atoms with van der Waals surface area (Å²) in [6.07, 6.45) is 15.8. The van der Waals surface area contributed by atoms with Crippen molar-refractivity contribution in [3.05, 3.63) is 36.5 Å². The number of hydrogen-bond acceptors (Lipinski definition) is 6. The number of allylic oxidation sites excluding steroid dienone is 6. The Bertz CT molecular complexity index is 548. The minimum absolute atomic E-state index is 0.125. The number of carbonyl (C=O) groups excluding carboxylic acids is 3. The lowest BCUT2D eigenvalue weighted by atomic mass is 10.2. The van der Waals surface area contributed by atoms with Crippen molar-refractivity contribution in [3.8, 4) is 0 Å². The number of hydrogen-bond donors (Lipinski definition) is 0. The third-order valence-electron chi connectivity index (χ3n) is 3.72. The van der Waals surface area contributed by atoms with Gasteiger partial charge < -0.3 is 14.2 Å². The second kappa shape index (κ2) is 19.0. The lowest BCUT2D eigenvalue weighted by molar-refractivity contribution is -0.166. The predicted octanol–water partition coefficient (Wildman–Crippen LogP) is 4.83. The second-order valence-electron chi connectivity index (χ2n) is 6.38. The molecule has 0 bridgehead atoms. The van der Waals surface area contributed by atoms with Crippen molar-refractivity contribution >= 4 is 17.9 Å². The van der Waals surface area contributed by atoms with Crippen molar-refractivity contribution in [2.75, 3.05) is 13.2 Å². The lowest BCUT2D eigenvalue weighted by Crippen LogP contribution is -2.30. The number of esters is 3. The van der Waals surface area contributed by atoms with Crippen molar-refractivity contribution in [3.63, 3.8) is 0 Å². The van der Waals surface area contributed by atoms with E-state index in [1.807, 2.05) is 31.2 Å². The molecule has 0 aromatic heterocycles. The number of carbonyl (C=O) groups is 3. The Hall–Kier alpha value is -2.37. The highest BCUT2D eigenvalue weighted by molar-refractivity contribution is 5.71. The first-order chi connectivity index (χ1) is 14.0. The molecule has 0 aromatic carbocycles. The van der Waals surface area contributed by atoms with Gasteiger partial charge in [0, 0.05) is 19.3 Å². The third-order valence-corrected chi connectivity index (χ3v) is 3.72. The first-order valence-corrected chi connectivity index (χ1v) is 10.5. The van der Waals surface area contributed by atoms with Crippen LogP contribution in [0.25, 0.3) is 0 Å². The maximum absolute atomic E-state index is 11.9. The van der Waals surface area contributed by atoms with E-state index in [9.17, 15) is 14.4 Å². The van der Waals surface area contributed by atoms with E-state index in [0.29, 0.717) is 12.8 Å². The summed E-state index contributed by atoms with van der Waals surface area (Å²) in [6.45, 7) is 5.51. The van der Waals surface area contributed by atoms with Gasteiger partial charge in [-0.3, -0.25) is 14.4 Å². The molecule has 0 saturated carbocycles. The minimum Gasteiger partial charge on any atom is -0.462 e. The van der Waals surface area contributed by atoms with Crippen molar-refractivity contribution in [1.82, 2.24) is 0 Å². The van der Waals surface area contributed by atoms with Crippen LogP contribution in [0.5, 0.6) is 0 Å². The first-order valence-electron chi connectivity index (χ1n) is 10.5. The van der Waals surface area contributed by atoms with Gasteiger partial charge in [0.2, 0.25) is 0 Å². The Balaban J connectivity index is 4.34. The molecule has 0 radical (unpaired) electrons. The van der Waals surface area contributed by atoms with Crippen LogP contribution < -0.4 is 0 Å². The van der Waals surface area contributed by atoms with Gasteiger partial charge >= 0.3 is 17.9 Å². The molecule has 0 heterocycles. The molecule has 0 aliphatic heterocycles. The summed E-state index contributed by atoms with van der Waals surface area (Å²) in [5.74, 6) is -1.19. The molecule has 6 nitrogen and oxygen atoms in total. The van der Waals surface area contributed by atoms with Crippen LogP contribution in [-0.4, -0.2) is 37.2 Å². The van der Waals surface area contributed by atoms with Gasteiger partial charge in [0.1, 0.15) is 13.2 Å². The fraction of sp³-hybridized carbons (Fsp3) is 0.609. The van der Waals surface area contributed by atoms with Gasteiger partial charge in [-0.25, -0.2) is 0 Å². The van der Waals surface area contributed by atoms with Gasteiger partial charge in [-0.2, -0.15) is 0 Å². The zero-order chi connectivity index (χ0) is 21.7. The van der Waals surface area contributed by atoms with E-state index in [0.717, 1.165) is 19.3 Å². The van der Waals surface area contributed by atoms with Crippen LogP contribution in [0, 0.1) is 0 Å². The zero-order valence-electron chi connectivity index (χ0n) is 18.1. The molecule has 1 atom stereocenters. The Morgan fingerprint density at radius 2 is 1.21 bits per heavy atom. The average molecular weight is 409 g/mol. The van der Waals surface area contributed by atoms with Crippen molar-refractivity contribution < 1.29 is 28.6 Å². The molecular formula is C23H36O6. The smallest absolute Gasteiger partial charge is 0.306 e. The van der Waals surface area contributed by atoms with Crippen LogP contribution >= 0.6 is 0 Å². The summed E-state index contributed by atoms with van der Waals surface area (Å²) >= 11 is 0. The van der Waals surface area contributed by atoms with Crippen LogP contribution in [0.1, 0.15) is 72.1 Å². The molecule has 1 unspecified atom stereocenters. The minimum atomic E-state index is -0.799. The van der Waals surface area contributed by atoms with Crippen LogP contribution in [0.4, 0.5) is 0 Å². The van der Waals surface area contributed by atoms with Crippen LogP contribution in [0.3, 0.4) is 0 Å². The van der Waals surface area contributed by atoms with Crippen molar-refractivity contribution in [2.24, 2.45) is 0 Å². The predicted molar refractivity (Wildman–Crippen MR) is 113 cm³/mol. The number of rotatable bonds is 16. The van der Waals surface area contributed by atoms with Gasteiger partial charge in [0.05, 0.1) is 0 Å². The highest BCUT2D eigenvalue weighted by Crippen LogP contribution is 2.04. The molecule has 164 valence electrons. The molecule has 0 N–H and O–H groups in total. The summed E-state index contributed by atoms with van der Waals surface area (Å²) in [4.78, 5) is 35.2. The van der Waals surface area contributed by atoms with Crippen LogP contribution in [0.15, 0.2) is 36.5 Å². The standard InChI is InChI=1S/C23H36O6/c1-4-7-9-11-12-13-15-16-22(25)28-19-20(18-27-21(24)6-3)29-23(26)17-14-10-8-5-2/h7-10,12-13,20H,4-6,11,14-19H2,1-3H3/b9-7-,10-8?,13-12?. The molecule has 0 amide bonds. The highest BCUT2D eigenvalue weighted by atomic mass is 16.6. The van der Waals surface area contributed by atoms with Crippen molar-refractivity contribution in [1.29, 1.82) is 0 Å². The zero-order valence-corrected chi connectivity index (χ0v) is 18.1. The molecule has 0 saturated heterocycles. The average Bonchev–Trinajstić information content (AvgIpc) is 2.72. The summed E-state index contributed by atoms with van der Waals surface area (Å²) < 4.78 is 15.5. The van der Waals surface area contributed by atoms with Crippen molar-refractivity contribution in [2.45, 2.75) is 78.2 Å². The lowest BCUT2D eigenvalue weighted by Gasteiger charge is -2.18. The van der Waals surface area contributed by atoms with Crippen LogP contribution in [0.2, 0.25) is 0 Å². The van der Waals surface area contributed by atoms with Gasteiger partial charge in [0.15, 0.2) is 6.10 Å². The summed E-state index contributed by atoms with van der Waals surface area (Å²) in [5.41, 5.74) is 0. The third kappa shape index (κ3) is 17.5. The Labute approximate surface area is 175 Å². The fourth-order valence-corrected chi connectivity index (χ4v) is 2.15. The van der Waals surface area contributed by atoms with E-state index in [4.69, 9.17) is 14.2 Å². The Morgan fingerprint density at radius 1 is 0.690 bits per heavy atom. The highest BCUT2D eigenvalue weighted by Gasteiger charge is 2.18. The summed E-state index contributed by atoms with van der Waals surface area (Å²) in [5, 5.41) is 0. The Kier molecular flexibility index (Phi) is 17.4. The van der Waals surface area contributed by atoms with E-state index < -0.39 is 18.0 Å². The van der Waals surface area contributed by atoms with Gasteiger partial charge in [-0.05, 0) is 32.1 Å². The van der Waals surface area contributed by atoms with Gasteiger partial charge in [-0.1, -0.05) is 57.2 Å². The normalized spacial score (nSPS) is 12.5. The maximum atomic E-state index is 11.9. The maximum Gasteiger partial charge on any atom is 0.306 e. The SMILES string of the molecule is CCC=CCCC(=O)OC(COC(=O)CC)COC(=O)CCC=CC/C=C\CC. The molecule has 0 rings (SSSR count). The molecule has 0 aromatic rings. The first kappa shape index (κ1) is 26.6. The quantitative estimate of drug-likeness (QED) is 0.207. The van der Waals surface area contributed by atoms with E-state index in [1.54, 1.807) is 6.92 Å². The van der Waals surface area contributed by atoms with E-state index >= 15 is 0 Å². The van der Waals surface area contributed by atoms with E-state index in [1.165, 1.54) is 0 Å².